The number of rotatable bonds is 8. The third-order valence-corrected chi connectivity index (χ3v) is 8.78. The monoisotopic (exact) mass is 557 g/mol. The molecule has 2 fully saturated rings. The number of likely N-dealkylation sites (tertiary alicyclic amines) is 1. The van der Waals surface area contributed by atoms with Crippen LogP contribution < -0.4 is 0 Å². The molecule has 1 aliphatic carbocycles. The van der Waals surface area contributed by atoms with Crippen molar-refractivity contribution in [1.29, 1.82) is 0 Å². The summed E-state index contributed by atoms with van der Waals surface area (Å²) in [5.74, 6) is 2.11. The summed E-state index contributed by atoms with van der Waals surface area (Å²) in [7, 11) is 1.74. The lowest BCUT2D eigenvalue weighted by atomic mass is 9.93. The summed E-state index contributed by atoms with van der Waals surface area (Å²) in [5.41, 5.74) is 6.05. The molecule has 1 atom stereocenters. The van der Waals surface area contributed by atoms with Crippen LogP contribution in [0.1, 0.15) is 42.1 Å². The molecule has 6 rings (SSSR count). The smallest absolute Gasteiger partial charge is 0.236 e. The Morgan fingerprint density at radius 1 is 1.02 bits per heavy atom. The first-order valence-corrected chi connectivity index (χ1v) is 14.7. The molecule has 9 nitrogen and oxygen atoms in total. The van der Waals surface area contributed by atoms with Crippen molar-refractivity contribution in [3.05, 3.63) is 65.7 Å². The third kappa shape index (κ3) is 6.07. The van der Waals surface area contributed by atoms with E-state index in [0.29, 0.717) is 13.1 Å². The zero-order valence-corrected chi connectivity index (χ0v) is 23.8. The van der Waals surface area contributed by atoms with E-state index in [1.54, 1.807) is 19.5 Å². The molecule has 1 aromatic carbocycles. The van der Waals surface area contributed by atoms with Gasteiger partial charge in [0.15, 0.2) is 0 Å². The number of hydrogen-bond acceptors (Lipinski definition) is 8. The number of carbonyl (C=O) groups is 1. The molecule has 0 bridgehead atoms. The van der Waals surface area contributed by atoms with Crippen LogP contribution in [0.3, 0.4) is 0 Å². The number of nitrogens with zero attached hydrogens (tertiary/aromatic N) is 5. The summed E-state index contributed by atoms with van der Waals surface area (Å²) >= 11 is 0. The van der Waals surface area contributed by atoms with Crippen LogP contribution in [-0.4, -0.2) is 103 Å². The summed E-state index contributed by atoms with van der Waals surface area (Å²) in [6.07, 6.45) is 7.13. The second-order valence-corrected chi connectivity index (χ2v) is 11.3. The van der Waals surface area contributed by atoms with E-state index in [2.05, 4.69) is 38.1 Å². The maximum Gasteiger partial charge on any atom is 0.236 e. The van der Waals surface area contributed by atoms with Crippen LogP contribution in [0, 0.1) is 0 Å². The van der Waals surface area contributed by atoms with Crippen LogP contribution in [0.25, 0.3) is 22.5 Å². The molecule has 1 amide bonds. The Kier molecular flexibility index (Phi) is 8.46. The minimum Gasteiger partial charge on any atom is -0.460 e. The zero-order valence-electron chi connectivity index (χ0n) is 23.8. The molecule has 3 aliphatic rings. The molecule has 0 saturated carbocycles. The first kappa shape index (κ1) is 27.6. The lowest BCUT2D eigenvalue weighted by Crippen LogP contribution is -2.51. The Balaban J connectivity index is 1.19. The van der Waals surface area contributed by atoms with Gasteiger partial charge in [-0.05, 0) is 55.0 Å². The lowest BCUT2D eigenvalue weighted by Gasteiger charge is -2.37. The number of oxime groups is 1. The molecule has 0 radical (unpaired) electrons. The number of pyridine rings is 1. The van der Waals surface area contributed by atoms with Gasteiger partial charge in [0.25, 0.3) is 0 Å². The molecule has 2 saturated heterocycles. The van der Waals surface area contributed by atoms with Crippen LogP contribution in [0.2, 0.25) is 0 Å². The standard InChI is InChI=1S/C32H39N5O4/c1-40-18-17-35-13-15-36(16-14-35)22-31(38)37-12-2-3-26(21-37)30-20-28(32(41-30)23-8-10-33-11-9-23)25-4-6-27-24(19-25)5-7-29(27)34-39/h4,6,8-11,19-20,26,39H,2-3,5,7,12-18,21-22H2,1H3/b34-29-. The molecular formula is C32H39N5O4. The van der Waals surface area contributed by atoms with Gasteiger partial charge in [-0.1, -0.05) is 23.4 Å². The van der Waals surface area contributed by atoms with Gasteiger partial charge < -0.3 is 19.3 Å². The van der Waals surface area contributed by atoms with Crippen LogP contribution in [0.4, 0.5) is 0 Å². The Labute approximate surface area is 241 Å². The highest BCUT2D eigenvalue weighted by Crippen LogP contribution is 2.40. The lowest BCUT2D eigenvalue weighted by molar-refractivity contribution is -0.134. The van der Waals surface area contributed by atoms with Gasteiger partial charge in [0.05, 0.1) is 18.9 Å². The summed E-state index contributed by atoms with van der Waals surface area (Å²) in [5, 5.41) is 12.8. The maximum atomic E-state index is 13.4. The average Bonchev–Trinajstić information content (AvgIpc) is 3.66. The van der Waals surface area contributed by atoms with Gasteiger partial charge in [-0.3, -0.25) is 19.6 Å². The second-order valence-electron chi connectivity index (χ2n) is 11.3. The molecule has 1 N–H and O–H groups in total. The molecule has 2 aromatic heterocycles. The van der Waals surface area contributed by atoms with Gasteiger partial charge in [-0.2, -0.15) is 0 Å². The number of hydrogen-bond donors (Lipinski definition) is 1. The number of ether oxygens (including phenoxy) is 1. The van der Waals surface area contributed by atoms with E-state index in [9.17, 15) is 10.0 Å². The third-order valence-electron chi connectivity index (χ3n) is 8.78. The van der Waals surface area contributed by atoms with Crippen molar-refractivity contribution in [1.82, 2.24) is 19.7 Å². The Morgan fingerprint density at radius 3 is 2.61 bits per heavy atom. The highest BCUT2D eigenvalue weighted by molar-refractivity contribution is 6.04. The van der Waals surface area contributed by atoms with Gasteiger partial charge >= 0.3 is 0 Å². The van der Waals surface area contributed by atoms with Crippen LogP contribution in [-0.2, 0) is 16.0 Å². The van der Waals surface area contributed by atoms with Gasteiger partial charge in [0.1, 0.15) is 11.5 Å². The highest BCUT2D eigenvalue weighted by Gasteiger charge is 2.30. The van der Waals surface area contributed by atoms with Gasteiger partial charge in [-0.25, -0.2) is 0 Å². The SMILES string of the molecule is COCCN1CCN(CC(=O)N2CCCC(c3cc(-c4ccc5c(c4)CC/C5=N/O)c(-c4ccncc4)o3)C2)CC1. The second kappa shape index (κ2) is 12.5. The topological polar surface area (TPSA) is 94.6 Å². The fourth-order valence-corrected chi connectivity index (χ4v) is 6.40. The number of furan rings is 1. The van der Waals surface area contributed by atoms with Crippen molar-refractivity contribution in [3.63, 3.8) is 0 Å². The Bertz CT molecular complexity index is 1380. The minimum absolute atomic E-state index is 0.149. The number of aromatic nitrogens is 1. The van der Waals surface area contributed by atoms with Crippen molar-refractivity contribution < 1.29 is 19.2 Å². The number of piperidine rings is 1. The predicted octanol–water partition coefficient (Wildman–Crippen LogP) is 4.10. The van der Waals surface area contributed by atoms with E-state index in [1.807, 2.05) is 23.1 Å². The van der Waals surface area contributed by atoms with Crippen molar-refractivity contribution in [3.8, 4) is 22.5 Å². The summed E-state index contributed by atoms with van der Waals surface area (Å²) in [6, 6.07) is 12.4. The molecule has 9 heteroatoms. The largest absolute Gasteiger partial charge is 0.460 e. The van der Waals surface area contributed by atoms with E-state index in [1.165, 1.54) is 5.56 Å². The van der Waals surface area contributed by atoms with E-state index in [0.717, 1.165) is 111 Å². The van der Waals surface area contributed by atoms with Crippen LogP contribution in [0.5, 0.6) is 0 Å². The van der Waals surface area contributed by atoms with Gasteiger partial charge in [-0.15, -0.1) is 0 Å². The normalized spacial score (nSPS) is 21.0. The molecule has 216 valence electrons. The number of aryl methyl sites for hydroxylation is 1. The number of carbonyl (C=O) groups excluding carboxylic acids is 1. The van der Waals surface area contributed by atoms with E-state index >= 15 is 0 Å². The molecule has 2 aliphatic heterocycles. The fraction of sp³-hybridized carbons (Fsp3) is 0.469. The minimum atomic E-state index is 0.149. The predicted molar refractivity (Wildman–Crippen MR) is 157 cm³/mol. The first-order chi connectivity index (χ1) is 20.1. The van der Waals surface area contributed by atoms with E-state index in [4.69, 9.17) is 9.15 Å². The summed E-state index contributed by atoms with van der Waals surface area (Å²) in [6.45, 7) is 7.42. The molecule has 0 spiro atoms. The molecule has 1 unspecified atom stereocenters. The fourth-order valence-electron chi connectivity index (χ4n) is 6.40. The number of piperazine rings is 1. The van der Waals surface area contributed by atoms with Crippen molar-refractivity contribution in [2.24, 2.45) is 5.16 Å². The number of fused-ring (bicyclic) bond motifs is 1. The summed E-state index contributed by atoms with van der Waals surface area (Å²) < 4.78 is 11.8. The molecule has 41 heavy (non-hydrogen) atoms. The van der Waals surface area contributed by atoms with E-state index < -0.39 is 0 Å². The average molecular weight is 558 g/mol. The summed E-state index contributed by atoms with van der Waals surface area (Å²) in [4.78, 5) is 24.3. The number of amides is 1. The molecule has 3 aromatic rings. The van der Waals surface area contributed by atoms with Crippen molar-refractivity contribution in [2.45, 2.75) is 31.6 Å². The highest BCUT2D eigenvalue weighted by atomic mass is 16.5. The Morgan fingerprint density at radius 2 is 1.83 bits per heavy atom. The van der Waals surface area contributed by atoms with Crippen molar-refractivity contribution >= 4 is 11.6 Å². The molecule has 4 heterocycles. The number of methoxy groups -OCH3 is 1. The maximum absolute atomic E-state index is 13.4. The Hall–Kier alpha value is -3.53. The zero-order chi connectivity index (χ0) is 28.2. The quantitative estimate of drug-likeness (QED) is 0.329. The van der Waals surface area contributed by atoms with Crippen LogP contribution in [0.15, 0.2) is 58.4 Å². The van der Waals surface area contributed by atoms with Gasteiger partial charge in [0, 0.05) is 87.9 Å². The molecular weight excluding hydrogens is 518 g/mol. The van der Waals surface area contributed by atoms with Crippen LogP contribution >= 0.6 is 0 Å². The number of benzene rings is 1. The van der Waals surface area contributed by atoms with Gasteiger partial charge in [0.2, 0.25) is 5.91 Å². The van der Waals surface area contributed by atoms with Crippen molar-refractivity contribution in [2.75, 3.05) is 66.1 Å². The van der Waals surface area contributed by atoms with E-state index in [-0.39, 0.29) is 11.8 Å². The first-order valence-electron chi connectivity index (χ1n) is 14.7.